The summed E-state index contributed by atoms with van der Waals surface area (Å²) >= 11 is 0. The van der Waals surface area contributed by atoms with Crippen LogP contribution in [0.3, 0.4) is 0 Å². The summed E-state index contributed by atoms with van der Waals surface area (Å²) in [6, 6.07) is 10.8. The average molecular weight is 323 g/mol. The molecule has 0 aliphatic heterocycles. The molecule has 2 aromatic rings. The molecule has 4 fully saturated rings. The van der Waals surface area contributed by atoms with Gasteiger partial charge in [-0.3, -0.25) is 0 Å². The van der Waals surface area contributed by atoms with E-state index in [-0.39, 0.29) is 0 Å². The number of hydrogen-bond acceptors (Lipinski definition) is 4. The van der Waals surface area contributed by atoms with Crippen molar-refractivity contribution in [2.45, 2.75) is 51.1 Å². The van der Waals surface area contributed by atoms with Crippen LogP contribution in [0.1, 0.15) is 43.5 Å². The van der Waals surface area contributed by atoms with Gasteiger partial charge >= 0.3 is 0 Å². The standard InChI is InChI=1S/C19H25N5/c20-18-15-6-14-7-16(18)10-19(8-14,9-15)11-17-21-23-24(22-17)12-13-4-2-1-3-5-13/h1-5,14-16,18H,6-12,20H2. The van der Waals surface area contributed by atoms with Crippen molar-refractivity contribution in [3.63, 3.8) is 0 Å². The second kappa shape index (κ2) is 5.38. The third kappa shape index (κ3) is 2.46. The van der Waals surface area contributed by atoms with Gasteiger partial charge in [0.05, 0.1) is 6.54 Å². The molecule has 1 aromatic heterocycles. The molecule has 0 spiro atoms. The van der Waals surface area contributed by atoms with Crippen LogP contribution in [0.2, 0.25) is 0 Å². The Hall–Kier alpha value is -1.75. The maximum atomic E-state index is 6.46. The Balaban J connectivity index is 1.32. The maximum Gasteiger partial charge on any atom is 0.175 e. The van der Waals surface area contributed by atoms with Crippen molar-refractivity contribution in [2.24, 2.45) is 28.9 Å². The van der Waals surface area contributed by atoms with E-state index >= 15 is 0 Å². The highest BCUT2D eigenvalue weighted by molar-refractivity contribution is 5.14. The van der Waals surface area contributed by atoms with Crippen LogP contribution in [-0.4, -0.2) is 26.2 Å². The molecule has 0 radical (unpaired) electrons. The summed E-state index contributed by atoms with van der Waals surface area (Å²) in [6.07, 6.45) is 7.59. The predicted molar refractivity (Wildman–Crippen MR) is 91.0 cm³/mol. The lowest BCUT2D eigenvalue weighted by Crippen LogP contribution is -2.57. The van der Waals surface area contributed by atoms with Crippen molar-refractivity contribution in [1.29, 1.82) is 0 Å². The van der Waals surface area contributed by atoms with Crippen LogP contribution in [0.4, 0.5) is 0 Å². The first-order valence-electron chi connectivity index (χ1n) is 9.25. The van der Waals surface area contributed by atoms with E-state index < -0.39 is 0 Å². The normalized spacial score (nSPS) is 37.0. The minimum absolute atomic E-state index is 0.396. The first-order chi connectivity index (χ1) is 11.7. The highest BCUT2D eigenvalue weighted by atomic mass is 15.6. The molecule has 126 valence electrons. The van der Waals surface area contributed by atoms with E-state index in [1.165, 1.54) is 37.7 Å². The average Bonchev–Trinajstić information content (AvgIpc) is 2.99. The van der Waals surface area contributed by atoms with Gasteiger partial charge in [-0.15, -0.1) is 10.2 Å². The third-order valence-electron chi connectivity index (χ3n) is 6.67. The fraction of sp³-hybridized carbons (Fsp3) is 0.632. The lowest BCUT2D eigenvalue weighted by Gasteiger charge is -2.59. The molecule has 4 saturated carbocycles. The van der Waals surface area contributed by atoms with Crippen molar-refractivity contribution in [1.82, 2.24) is 20.2 Å². The van der Waals surface area contributed by atoms with Gasteiger partial charge in [0, 0.05) is 12.5 Å². The summed E-state index contributed by atoms with van der Waals surface area (Å²) in [5.74, 6) is 3.27. The van der Waals surface area contributed by atoms with Crippen molar-refractivity contribution in [2.75, 3.05) is 0 Å². The Labute approximate surface area is 142 Å². The van der Waals surface area contributed by atoms with Gasteiger partial charge in [-0.1, -0.05) is 30.3 Å². The minimum atomic E-state index is 0.396. The maximum absolute atomic E-state index is 6.46. The number of tetrazole rings is 1. The van der Waals surface area contributed by atoms with Gasteiger partial charge in [0.2, 0.25) is 0 Å². The first-order valence-corrected chi connectivity index (χ1v) is 9.25. The van der Waals surface area contributed by atoms with Crippen LogP contribution in [0.5, 0.6) is 0 Å². The second-order valence-electron chi connectivity index (χ2n) is 8.45. The molecular formula is C19H25N5. The number of nitrogens with two attached hydrogens (primary N) is 1. The zero-order valence-corrected chi connectivity index (χ0v) is 14.0. The zero-order valence-electron chi connectivity index (χ0n) is 14.0. The zero-order chi connectivity index (χ0) is 16.1. The SMILES string of the molecule is NC1C2CC3CC1CC(Cc1nnn(Cc4ccccc4)n1)(C3)C2. The quantitative estimate of drug-likeness (QED) is 0.938. The Morgan fingerprint density at radius 3 is 2.58 bits per heavy atom. The molecule has 2 atom stereocenters. The summed E-state index contributed by atoms with van der Waals surface area (Å²) in [4.78, 5) is 1.73. The Kier molecular flexibility index (Phi) is 3.27. The molecule has 1 aromatic carbocycles. The topological polar surface area (TPSA) is 69.6 Å². The monoisotopic (exact) mass is 323 g/mol. The number of aromatic nitrogens is 4. The van der Waals surface area contributed by atoms with Crippen molar-refractivity contribution in [3.8, 4) is 0 Å². The van der Waals surface area contributed by atoms with Crippen LogP contribution in [0.15, 0.2) is 30.3 Å². The molecule has 4 aliphatic rings. The first kappa shape index (κ1) is 14.6. The van der Waals surface area contributed by atoms with Crippen LogP contribution >= 0.6 is 0 Å². The van der Waals surface area contributed by atoms with Crippen LogP contribution < -0.4 is 5.73 Å². The Bertz CT molecular complexity index is 708. The Morgan fingerprint density at radius 1 is 1.08 bits per heavy atom. The minimum Gasteiger partial charge on any atom is -0.327 e. The molecule has 0 saturated heterocycles. The fourth-order valence-electron chi connectivity index (χ4n) is 5.94. The van der Waals surface area contributed by atoms with Gasteiger partial charge in [-0.25, -0.2) is 0 Å². The summed E-state index contributed by atoms with van der Waals surface area (Å²) in [6.45, 7) is 0.694. The third-order valence-corrected chi connectivity index (χ3v) is 6.67. The molecule has 0 amide bonds. The van der Waals surface area contributed by atoms with Gasteiger partial charge < -0.3 is 5.73 Å². The molecule has 5 nitrogen and oxygen atoms in total. The molecule has 24 heavy (non-hydrogen) atoms. The van der Waals surface area contributed by atoms with E-state index in [0.717, 1.165) is 30.0 Å². The second-order valence-corrected chi connectivity index (χ2v) is 8.45. The van der Waals surface area contributed by atoms with E-state index in [1.807, 2.05) is 18.2 Å². The summed E-state index contributed by atoms with van der Waals surface area (Å²) in [5.41, 5.74) is 8.07. The van der Waals surface area contributed by atoms with Gasteiger partial charge in [-0.05, 0) is 66.0 Å². The van der Waals surface area contributed by atoms with E-state index in [4.69, 9.17) is 5.73 Å². The highest BCUT2D eigenvalue weighted by Gasteiger charge is 2.54. The van der Waals surface area contributed by atoms with Gasteiger partial charge in [0.15, 0.2) is 5.82 Å². The molecule has 6 rings (SSSR count). The van der Waals surface area contributed by atoms with E-state index in [2.05, 4.69) is 27.5 Å². The lowest BCUT2D eigenvalue weighted by molar-refractivity contribution is -0.0672. The molecule has 2 unspecified atom stereocenters. The molecule has 1 heterocycles. The fourth-order valence-corrected chi connectivity index (χ4v) is 5.94. The summed E-state index contributed by atoms with van der Waals surface area (Å²) in [7, 11) is 0. The summed E-state index contributed by atoms with van der Waals surface area (Å²) in [5, 5.41) is 13.3. The Morgan fingerprint density at radius 2 is 1.83 bits per heavy atom. The largest absolute Gasteiger partial charge is 0.327 e. The highest BCUT2D eigenvalue weighted by Crippen LogP contribution is 2.60. The van der Waals surface area contributed by atoms with Crippen molar-refractivity contribution in [3.05, 3.63) is 41.7 Å². The molecular weight excluding hydrogens is 298 g/mol. The number of rotatable bonds is 4. The van der Waals surface area contributed by atoms with Gasteiger partial charge in [0.1, 0.15) is 0 Å². The molecule has 5 heteroatoms. The van der Waals surface area contributed by atoms with Crippen LogP contribution in [-0.2, 0) is 13.0 Å². The smallest absolute Gasteiger partial charge is 0.175 e. The molecule has 4 aliphatic carbocycles. The predicted octanol–water partition coefficient (Wildman–Crippen LogP) is 2.42. The summed E-state index contributed by atoms with van der Waals surface area (Å²) < 4.78 is 0. The van der Waals surface area contributed by atoms with Crippen LogP contribution in [0.25, 0.3) is 0 Å². The van der Waals surface area contributed by atoms with E-state index in [9.17, 15) is 0 Å². The van der Waals surface area contributed by atoms with Crippen LogP contribution in [0, 0.1) is 23.2 Å². The number of hydrogen-bond donors (Lipinski definition) is 1. The number of nitrogens with zero attached hydrogens (tertiary/aromatic N) is 4. The molecule has 2 N–H and O–H groups in total. The van der Waals surface area contributed by atoms with Crippen molar-refractivity contribution < 1.29 is 0 Å². The van der Waals surface area contributed by atoms with E-state index in [1.54, 1.807) is 4.80 Å². The molecule has 4 bridgehead atoms. The van der Waals surface area contributed by atoms with Gasteiger partial charge in [-0.2, -0.15) is 4.80 Å². The van der Waals surface area contributed by atoms with Crippen molar-refractivity contribution >= 4 is 0 Å². The van der Waals surface area contributed by atoms with E-state index in [0.29, 0.717) is 18.0 Å². The van der Waals surface area contributed by atoms with Gasteiger partial charge in [0.25, 0.3) is 0 Å². The lowest BCUT2D eigenvalue weighted by atomic mass is 9.47. The number of benzene rings is 1.